The van der Waals surface area contributed by atoms with E-state index in [1.807, 2.05) is 0 Å². The molecule has 1 fully saturated rings. The first-order chi connectivity index (χ1) is 13.9. The van der Waals surface area contributed by atoms with Gasteiger partial charge in [-0.25, -0.2) is 13.4 Å². The summed E-state index contributed by atoms with van der Waals surface area (Å²) in [6.07, 6.45) is 6.27. The Kier molecular flexibility index (Phi) is 6.53. The van der Waals surface area contributed by atoms with E-state index in [4.69, 9.17) is 9.47 Å². The number of benzene rings is 1. The number of aromatic nitrogens is 2. The number of amides is 1. The topological polar surface area (TPSA) is 120 Å². The molecule has 1 aromatic heterocycles. The van der Waals surface area contributed by atoms with Crippen molar-refractivity contribution in [3.05, 3.63) is 30.6 Å². The third-order valence-electron chi connectivity index (χ3n) is 4.81. The van der Waals surface area contributed by atoms with Gasteiger partial charge in [0, 0.05) is 11.6 Å². The van der Waals surface area contributed by atoms with E-state index in [0.29, 0.717) is 5.69 Å². The van der Waals surface area contributed by atoms with Crippen molar-refractivity contribution >= 4 is 27.4 Å². The molecular formula is C19H24N4O5S. The number of nitrogens with zero attached hydrogens (tertiary/aromatic N) is 2. The van der Waals surface area contributed by atoms with E-state index in [-0.39, 0.29) is 34.2 Å². The van der Waals surface area contributed by atoms with Crippen molar-refractivity contribution in [2.24, 2.45) is 5.92 Å². The monoisotopic (exact) mass is 420 g/mol. The number of anilines is 2. The summed E-state index contributed by atoms with van der Waals surface area (Å²) in [6, 6.07) is 5.97. The Labute approximate surface area is 169 Å². The molecule has 156 valence electrons. The zero-order chi connectivity index (χ0) is 20.9. The number of rotatable bonds is 7. The third kappa shape index (κ3) is 4.94. The molecule has 3 rings (SSSR count). The molecule has 0 spiro atoms. The van der Waals surface area contributed by atoms with Crippen molar-refractivity contribution < 1.29 is 22.7 Å². The molecule has 0 atom stereocenters. The highest BCUT2D eigenvalue weighted by molar-refractivity contribution is 7.92. The molecule has 10 heteroatoms. The number of nitrogens with one attached hydrogen (secondary N) is 2. The Morgan fingerprint density at radius 2 is 1.72 bits per heavy atom. The van der Waals surface area contributed by atoms with Crippen LogP contribution in [0.2, 0.25) is 0 Å². The molecule has 1 heterocycles. The van der Waals surface area contributed by atoms with Gasteiger partial charge < -0.3 is 14.8 Å². The van der Waals surface area contributed by atoms with Crippen molar-refractivity contribution in [2.45, 2.75) is 37.0 Å². The Balaban J connectivity index is 1.72. The zero-order valence-electron chi connectivity index (χ0n) is 16.3. The maximum Gasteiger partial charge on any atom is 0.263 e. The Hall–Kier alpha value is -2.88. The average Bonchev–Trinajstić information content (AvgIpc) is 2.74. The molecule has 2 aromatic rings. The summed E-state index contributed by atoms with van der Waals surface area (Å²) in [7, 11) is -1.17. The van der Waals surface area contributed by atoms with Crippen LogP contribution in [0.3, 0.4) is 0 Å². The fraction of sp³-hybridized carbons (Fsp3) is 0.421. The van der Waals surface area contributed by atoms with Crippen LogP contribution >= 0.6 is 0 Å². The fourth-order valence-electron chi connectivity index (χ4n) is 3.27. The summed E-state index contributed by atoms with van der Waals surface area (Å²) in [5.41, 5.74) is 0.556. The van der Waals surface area contributed by atoms with Gasteiger partial charge in [-0.15, -0.1) is 0 Å². The first kappa shape index (κ1) is 20.8. The van der Waals surface area contributed by atoms with E-state index in [9.17, 15) is 13.2 Å². The van der Waals surface area contributed by atoms with Gasteiger partial charge in [-0.05, 0) is 37.1 Å². The van der Waals surface area contributed by atoms with Gasteiger partial charge in [0.15, 0.2) is 5.82 Å². The van der Waals surface area contributed by atoms with Gasteiger partial charge in [0.1, 0.15) is 6.33 Å². The molecule has 0 radical (unpaired) electrons. The summed E-state index contributed by atoms with van der Waals surface area (Å²) in [5.74, 6) is 0.162. The lowest BCUT2D eigenvalue weighted by atomic mass is 9.88. The molecule has 1 amide bonds. The summed E-state index contributed by atoms with van der Waals surface area (Å²) < 4.78 is 38.0. The maximum atomic E-state index is 12.7. The molecule has 1 aromatic carbocycles. The zero-order valence-corrected chi connectivity index (χ0v) is 17.2. The number of hydrogen-bond donors (Lipinski definition) is 2. The molecule has 1 aliphatic carbocycles. The van der Waals surface area contributed by atoms with Gasteiger partial charge in [0.2, 0.25) is 11.7 Å². The van der Waals surface area contributed by atoms with Crippen LogP contribution in [0.25, 0.3) is 0 Å². The van der Waals surface area contributed by atoms with Gasteiger partial charge >= 0.3 is 0 Å². The number of carbonyl (C=O) groups excluding carboxylic acids is 1. The van der Waals surface area contributed by atoms with E-state index >= 15 is 0 Å². The lowest BCUT2D eigenvalue weighted by molar-refractivity contribution is -0.120. The number of hydrogen-bond acceptors (Lipinski definition) is 7. The highest BCUT2D eigenvalue weighted by atomic mass is 32.2. The first-order valence-electron chi connectivity index (χ1n) is 9.31. The van der Waals surface area contributed by atoms with Gasteiger partial charge in [-0.1, -0.05) is 19.3 Å². The van der Waals surface area contributed by atoms with E-state index in [1.165, 1.54) is 39.1 Å². The maximum absolute atomic E-state index is 12.7. The molecule has 1 saturated carbocycles. The smallest absolute Gasteiger partial charge is 0.263 e. The average molecular weight is 420 g/mol. The van der Waals surface area contributed by atoms with Crippen LogP contribution in [-0.4, -0.2) is 38.5 Å². The van der Waals surface area contributed by atoms with Crippen LogP contribution in [-0.2, 0) is 14.8 Å². The largest absolute Gasteiger partial charge is 0.489 e. The summed E-state index contributed by atoms with van der Waals surface area (Å²) in [6.45, 7) is 0. The standard InChI is InChI=1S/C19H24N4O5S/c1-27-16-17(20-12-21-19(16)28-2)23-29(25,26)15-10-8-14(9-11-15)22-18(24)13-6-4-3-5-7-13/h8-13H,3-7H2,1-2H3,(H,22,24)(H,20,21,23). The second-order valence-electron chi connectivity index (χ2n) is 6.72. The van der Waals surface area contributed by atoms with E-state index in [2.05, 4.69) is 20.0 Å². The minimum Gasteiger partial charge on any atom is -0.489 e. The number of carbonyl (C=O) groups is 1. The van der Waals surface area contributed by atoms with Crippen molar-refractivity contribution in [1.82, 2.24) is 9.97 Å². The number of methoxy groups -OCH3 is 2. The second kappa shape index (κ2) is 9.08. The minimum atomic E-state index is -3.93. The van der Waals surface area contributed by atoms with Crippen molar-refractivity contribution in [3.63, 3.8) is 0 Å². The predicted octanol–water partition coefficient (Wildman–Crippen LogP) is 2.81. The van der Waals surface area contributed by atoms with Crippen LogP contribution in [0.1, 0.15) is 32.1 Å². The van der Waals surface area contributed by atoms with E-state index in [1.54, 1.807) is 12.1 Å². The Morgan fingerprint density at radius 3 is 2.34 bits per heavy atom. The number of sulfonamides is 1. The molecule has 2 N–H and O–H groups in total. The van der Waals surface area contributed by atoms with Crippen molar-refractivity contribution in [2.75, 3.05) is 24.3 Å². The highest BCUT2D eigenvalue weighted by Crippen LogP contribution is 2.32. The van der Waals surface area contributed by atoms with Crippen LogP contribution in [0.5, 0.6) is 11.6 Å². The van der Waals surface area contributed by atoms with Gasteiger partial charge in [-0.3, -0.25) is 9.52 Å². The van der Waals surface area contributed by atoms with Crippen LogP contribution < -0.4 is 19.5 Å². The number of ether oxygens (including phenoxy) is 2. The lowest BCUT2D eigenvalue weighted by Crippen LogP contribution is -2.24. The quantitative estimate of drug-likeness (QED) is 0.707. The highest BCUT2D eigenvalue weighted by Gasteiger charge is 2.22. The molecule has 9 nitrogen and oxygen atoms in total. The first-order valence-corrected chi connectivity index (χ1v) is 10.8. The minimum absolute atomic E-state index is 0.0174. The third-order valence-corrected chi connectivity index (χ3v) is 6.16. The Morgan fingerprint density at radius 1 is 1.03 bits per heavy atom. The van der Waals surface area contributed by atoms with Crippen molar-refractivity contribution in [1.29, 1.82) is 0 Å². The van der Waals surface area contributed by atoms with Crippen molar-refractivity contribution in [3.8, 4) is 11.6 Å². The molecule has 0 aliphatic heterocycles. The molecule has 0 saturated heterocycles. The van der Waals surface area contributed by atoms with Crippen LogP contribution in [0.4, 0.5) is 11.5 Å². The van der Waals surface area contributed by atoms with Gasteiger partial charge in [0.25, 0.3) is 15.9 Å². The predicted molar refractivity (Wildman–Crippen MR) is 108 cm³/mol. The van der Waals surface area contributed by atoms with Crippen LogP contribution in [0, 0.1) is 5.92 Å². The Bertz CT molecular complexity index is 957. The van der Waals surface area contributed by atoms with Crippen LogP contribution in [0.15, 0.2) is 35.5 Å². The summed E-state index contributed by atoms with van der Waals surface area (Å²) >= 11 is 0. The van der Waals surface area contributed by atoms with Gasteiger partial charge in [0.05, 0.1) is 19.1 Å². The second-order valence-corrected chi connectivity index (χ2v) is 8.40. The summed E-state index contributed by atoms with van der Waals surface area (Å²) in [5, 5.41) is 2.86. The normalized spacial score (nSPS) is 14.8. The molecular weight excluding hydrogens is 396 g/mol. The molecule has 1 aliphatic rings. The fourth-order valence-corrected chi connectivity index (χ4v) is 4.28. The molecule has 0 bridgehead atoms. The summed E-state index contributed by atoms with van der Waals surface area (Å²) in [4.78, 5) is 20.2. The molecule has 0 unspecified atom stereocenters. The van der Waals surface area contributed by atoms with Gasteiger partial charge in [-0.2, -0.15) is 4.98 Å². The molecule has 29 heavy (non-hydrogen) atoms. The SMILES string of the molecule is COc1ncnc(NS(=O)(=O)c2ccc(NC(=O)C3CCCCC3)cc2)c1OC. The van der Waals surface area contributed by atoms with E-state index in [0.717, 1.165) is 25.7 Å². The lowest BCUT2D eigenvalue weighted by Gasteiger charge is -2.20. The van der Waals surface area contributed by atoms with E-state index < -0.39 is 10.0 Å².